The normalized spacial score (nSPS) is 30.8. The van der Waals surface area contributed by atoms with Crippen LogP contribution < -0.4 is 10.6 Å². The van der Waals surface area contributed by atoms with E-state index in [4.69, 9.17) is 0 Å². The number of aromatic hydroxyl groups is 2. The van der Waals surface area contributed by atoms with Gasteiger partial charge in [-0.25, -0.2) is 0 Å². The molecule has 4 atom stereocenters. The molecule has 4 N–H and O–H groups in total. The van der Waals surface area contributed by atoms with E-state index < -0.39 is 23.4 Å². The van der Waals surface area contributed by atoms with Crippen molar-refractivity contribution in [1.29, 1.82) is 0 Å². The van der Waals surface area contributed by atoms with Gasteiger partial charge in [0.1, 0.15) is 5.54 Å². The predicted molar refractivity (Wildman–Crippen MR) is 118 cm³/mol. The highest BCUT2D eigenvalue weighted by Crippen LogP contribution is 2.54. The van der Waals surface area contributed by atoms with Gasteiger partial charge in [0, 0.05) is 23.3 Å². The lowest BCUT2D eigenvalue weighted by molar-refractivity contribution is -0.145. The van der Waals surface area contributed by atoms with Crippen molar-refractivity contribution in [1.82, 2.24) is 10.2 Å². The van der Waals surface area contributed by atoms with E-state index in [0.29, 0.717) is 23.2 Å². The SMILES string of the molecule is O=C1C2C(Cc3ccc(O)c(O)c3)NC3(C(=O)Nc4ccccc43)C2C(=O)N1C1CCCC1. The molecule has 3 fully saturated rings. The molecule has 8 nitrogen and oxygen atoms in total. The zero-order valence-electron chi connectivity index (χ0n) is 18.0. The van der Waals surface area contributed by atoms with E-state index in [2.05, 4.69) is 10.6 Å². The molecule has 0 aromatic heterocycles. The summed E-state index contributed by atoms with van der Waals surface area (Å²) < 4.78 is 0. The Labute approximate surface area is 190 Å². The van der Waals surface area contributed by atoms with Crippen molar-refractivity contribution in [3.8, 4) is 11.5 Å². The van der Waals surface area contributed by atoms with Crippen LogP contribution in [0.1, 0.15) is 36.8 Å². The number of phenolic OH excluding ortho intramolecular Hbond substituents is 2. The Kier molecular flexibility index (Phi) is 4.32. The summed E-state index contributed by atoms with van der Waals surface area (Å²) in [4.78, 5) is 42.4. The number of hydrogen-bond acceptors (Lipinski definition) is 6. The van der Waals surface area contributed by atoms with Crippen molar-refractivity contribution >= 4 is 23.4 Å². The zero-order valence-corrected chi connectivity index (χ0v) is 18.0. The number of fused-ring (bicyclic) bond motifs is 4. The zero-order chi connectivity index (χ0) is 22.9. The molecule has 170 valence electrons. The maximum Gasteiger partial charge on any atom is 0.250 e. The minimum atomic E-state index is -1.31. The van der Waals surface area contributed by atoms with E-state index >= 15 is 0 Å². The van der Waals surface area contributed by atoms with Crippen LogP contribution in [0.4, 0.5) is 5.69 Å². The summed E-state index contributed by atoms with van der Waals surface area (Å²) in [5, 5.41) is 25.9. The lowest BCUT2D eigenvalue weighted by Crippen LogP contribution is -2.54. The van der Waals surface area contributed by atoms with Gasteiger partial charge >= 0.3 is 0 Å². The van der Waals surface area contributed by atoms with E-state index in [1.165, 1.54) is 17.0 Å². The lowest BCUT2D eigenvalue weighted by Gasteiger charge is -2.31. The van der Waals surface area contributed by atoms with Gasteiger partial charge in [-0.1, -0.05) is 37.1 Å². The molecule has 3 heterocycles. The van der Waals surface area contributed by atoms with Crippen LogP contribution in [0, 0.1) is 11.8 Å². The minimum absolute atomic E-state index is 0.106. The highest BCUT2D eigenvalue weighted by atomic mass is 16.3. The first kappa shape index (κ1) is 20.2. The average Bonchev–Trinajstić information content (AvgIpc) is 3.53. The second-order valence-electron chi connectivity index (χ2n) is 9.57. The smallest absolute Gasteiger partial charge is 0.250 e. The second-order valence-corrected chi connectivity index (χ2v) is 9.57. The number of benzene rings is 2. The number of nitrogens with one attached hydrogen (secondary N) is 2. The van der Waals surface area contributed by atoms with E-state index in [-0.39, 0.29) is 35.3 Å². The van der Waals surface area contributed by atoms with Crippen molar-refractivity contribution < 1.29 is 24.6 Å². The third-order valence-corrected chi connectivity index (χ3v) is 7.84. The van der Waals surface area contributed by atoms with Gasteiger partial charge in [0.2, 0.25) is 17.7 Å². The molecule has 33 heavy (non-hydrogen) atoms. The molecule has 8 heteroatoms. The van der Waals surface area contributed by atoms with E-state index in [1.807, 2.05) is 18.2 Å². The van der Waals surface area contributed by atoms with Gasteiger partial charge in [-0.15, -0.1) is 0 Å². The number of carbonyl (C=O) groups is 3. The quantitative estimate of drug-likeness (QED) is 0.422. The first-order valence-electron chi connectivity index (χ1n) is 11.5. The van der Waals surface area contributed by atoms with Crippen LogP contribution in [0.15, 0.2) is 42.5 Å². The molecular weight excluding hydrogens is 422 g/mol. The molecule has 3 aliphatic heterocycles. The molecule has 2 aromatic carbocycles. The topological polar surface area (TPSA) is 119 Å². The van der Waals surface area contributed by atoms with Crippen molar-refractivity contribution in [2.24, 2.45) is 11.8 Å². The number of para-hydroxylation sites is 1. The number of hydrogen-bond donors (Lipinski definition) is 4. The van der Waals surface area contributed by atoms with Crippen molar-refractivity contribution in [3.63, 3.8) is 0 Å². The van der Waals surface area contributed by atoms with Crippen molar-refractivity contribution in [3.05, 3.63) is 53.6 Å². The summed E-state index contributed by atoms with van der Waals surface area (Å²) in [6, 6.07) is 11.2. The van der Waals surface area contributed by atoms with Gasteiger partial charge < -0.3 is 15.5 Å². The van der Waals surface area contributed by atoms with E-state index in [0.717, 1.165) is 25.7 Å². The standard InChI is InChI=1S/C25H25N3O5/c29-18-10-9-13(12-19(18)30)11-17-20-21(23(32)28(22(20)31)14-5-1-2-6-14)25(27-17)15-7-3-4-8-16(15)26-24(25)33/h3-4,7-10,12,14,17,20-21,27,29-30H,1-2,5-6,11H2,(H,26,33). The largest absolute Gasteiger partial charge is 0.504 e. The molecule has 2 saturated heterocycles. The van der Waals surface area contributed by atoms with E-state index in [9.17, 15) is 24.6 Å². The molecule has 1 spiro atoms. The minimum Gasteiger partial charge on any atom is -0.504 e. The molecule has 0 radical (unpaired) electrons. The number of likely N-dealkylation sites (tertiary alicyclic amines) is 1. The molecule has 4 unspecified atom stereocenters. The van der Waals surface area contributed by atoms with Crippen LogP contribution in [-0.4, -0.2) is 44.9 Å². The summed E-state index contributed by atoms with van der Waals surface area (Å²) in [5.74, 6) is -2.79. The van der Waals surface area contributed by atoms with Crippen molar-refractivity contribution in [2.75, 3.05) is 5.32 Å². The summed E-state index contributed by atoms with van der Waals surface area (Å²) in [7, 11) is 0. The highest BCUT2D eigenvalue weighted by molar-refractivity contribution is 6.15. The number of amides is 3. The Morgan fingerprint density at radius 3 is 2.48 bits per heavy atom. The number of rotatable bonds is 3. The van der Waals surface area contributed by atoms with Crippen LogP contribution in [0.5, 0.6) is 11.5 Å². The predicted octanol–water partition coefficient (Wildman–Crippen LogP) is 2.00. The highest BCUT2D eigenvalue weighted by Gasteiger charge is 2.70. The second kappa shape index (κ2) is 7.05. The van der Waals surface area contributed by atoms with Gasteiger partial charge in [0.05, 0.1) is 11.8 Å². The number of phenols is 2. The lowest BCUT2D eigenvalue weighted by atomic mass is 9.76. The average molecular weight is 447 g/mol. The number of anilines is 1. The first-order chi connectivity index (χ1) is 15.9. The molecule has 6 rings (SSSR count). The molecule has 3 amide bonds. The van der Waals surface area contributed by atoms with Gasteiger partial charge in [-0.3, -0.25) is 24.6 Å². The van der Waals surface area contributed by atoms with Gasteiger partial charge in [-0.05, 0) is 43.0 Å². The molecule has 1 aliphatic carbocycles. The van der Waals surface area contributed by atoms with Crippen LogP contribution in [-0.2, 0) is 26.3 Å². The third kappa shape index (κ3) is 2.70. The Morgan fingerprint density at radius 1 is 0.970 bits per heavy atom. The molecular formula is C25H25N3O5. The number of imide groups is 1. The molecule has 4 aliphatic rings. The Bertz CT molecular complexity index is 1190. The Hall–Kier alpha value is -3.39. The number of nitrogens with zero attached hydrogens (tertiary/aromatic N) is 1. The maximum atomic E-state index is 13.8. The van der Waals surface area contributed by atoms with Crippen LogP contribution >= 0.6 is 0 Å². The third-order valence-electron chi connectivity index (χ3n) is 7.84. The number of carbonyl (C=O) groups excluding carboxylic acids is 3. The fourth-order valence-corrected chi connectivity index (χ4v) is 6.43. The summed E-state index contributed by atoms with van der Waals surface area (Å²) in [6.45, 7) is 0. The van der Waals surface area contributed by atoms with Crippen LogP contribution in [0.25, 0.3) is 0 Å². The molecule has 0 bridgehead atoms. The first-order valence-corrected chi connectivity index (χ1v) is 11.5. The Morgan fingerprint density at radius 2 is 1.73 bits per heavy atom. The van der Waals surface area contributed by atoms with Crippen molar-refractivity contribution in [2.45, 2.75) is 49.7 Å². The monoisotopic (exact) mass is 447 g/mol. The van der Waals surface area contributed by atoms with Crippen LogP contribution in [0.3, 0.4) is 0 Å². The fraction of sp³-hybridized carbons (Fsp3) is 0.400. The maximum absolute atomic E-state index is 13.8. The van der Waals surface area contributed by atoms with Gasteiger partial charge in [0.25, 0.3) is 0 Å². The summed E-state index contributed by atoms with van der Waals surface area (Å²) in [5.41, 5.74) is 0.724. The van der Waals surface area contributed by atoms with Gasteiger partial charge in [-0.2, -0.15) is 0 Å². The Balaban J connectivity index is 1.46. The van der Waals surface area contributed by atoms with Crippen LogP contribution in [0.2, 0.25) is 0 Å². The summed E-state index contributed by atoms with van der Waals surface area (Å²) in [6.07, 6.45) is 3.90. The van der Waals surface area contributed by atoms with E-state index in [1.54, 1.807) is 12.1 Å². The molecule has 2 aromatic rings. The summed E-state index contributed by atoms with van der Waals surface area (Å²) >= 11 is 0. The van der Waals surface area contributed by atoms with Gasteiger partial charge in [0.15, 0.2) is 11.5 Å². The molecule has 1 saturated carbocycles. The fourth-order valence-electron chi connectivity index (χ4n) is 6.43.